The SMILES string of the molecule is CC(CCNc1ccc(Br)cc1C(=O)O)c1ccccc1. The highest BCUT2D eigenvalue weighted by Crippen LogP contribution is 2.23. The van der Waals surface area contributed by atoms with Crippen molar-refractivity contribution in [3.63, 3.8) is 0 Å². The first-order valence-electron chi connectivity index (χ1n) is 6.89. The van der Waals surface area contributed by atoms with E-state index in [0.717, 1.165) is 17.4 Å². The van der Waals surface area contributed by atoms with E-state index in [1.807, 2.05) is 24.3 Å². The van der Waals surface area contributed by atoms with Crippen molar-refractivity contribution in [3.8, 4) is 0 Å². The number of carboxylic acid groups (broad SMARTS) is 1. The standard InChI is InChI=1S/C17H18BrNO2/c1-12(13-5-3-2-4-6-13)9-10-19-16-8-7-14(18)11-15(16)17(20)21/h2-8,11-12,19H,9-10H2,1H3,(H,20,21). The minimum Gasteiger partial charge on any atom is -0.478 e. The molecule has 110 valence electrons. The van der Waals surface area contributed by atoms with E-state index < -0.39 is 5.97 Å². The lowest BCUT2D eigenvalue weighted by Gasteiger charge is -2.14. The van der Waals surface area contributed by atoms with Crippen molar-refractivity contribution >= 4 is 27.6 Å². The minimum atomic E-state index is -0.921. The van der Waals surface area contributed by atoms with Gasteiger partial charge in [-0.2, -0.15) is 0 Å². The van der Waals surface area contributed by atoms with Gasteiger partial charge in [0.2, 0.25) is 0 Å². The second-order valence-electron chi connectivity index (χ2n) is 5.02. The highest BCUT2D eigenvalue weighted by Gasteiger charge is 2.11. The summed E-state index contributed by atoms with van der Waals surface area (Å²) in [6, 6.07) is 15.6. The molecule has 0 aliphatic carbocycles. The molecule has 0 aromatic heterocycles. The van der Waals surface area contributed by atoms with Crippen LogP contribution in [0.25, 0.3) is 0 Å². The Morgan fingerprint density at radius 1 is 1.24 bits per heavy atom. The summed E-state index contributed by atoms with van der Waals surface area (Å²) < 4.78 is 0.767. The zero-order valence-electron chi connectivity index (χ0n) is 11.8. The number of aromatic carboxylic acids is 1. The van der Waals surface area contributed by atoms with Gasteiger partial charge in [0, 0.05) is 16.7 Å². The number of halogens is 1. The molecule has 3 nitrogen and oxygen atoms in total. The van der Waals surface area contributed by atoms with Crippen molar-refractivity contribution < 1.29 is 9.90 Å². The lowest BCUT2D eigenvalue weighted by molar-refractivity contribution is 0.0698. The Labute approximate surface area is 133 Å². The number of benzene rings is 2. The van der Waals surface area contributed by atoms with E-state index in [4.69, 9.17) is 0 Å². The largest absolute Gasteiger partial charge is 0.478 e. The van der Waals surface area contributed by atoms with Crippen LogP contribution in [0, 0.1) is 0 Å². The highest BCUT2D eigenvalue weighted by molar-refractivity contribution is 9.10. The van der Waals surface area contributed by atoms with Crippen LogP contribution in [0.5, 0.6) is 0 Å². The third kappa shape index (κ3) is 4.33. The van der Waals surface area contributed by atoms with Crippen LogP contribution in [-0.2, 0) is 0 Å². The first kappa shape index (κ1) is 15.6. The Morgan fingerprint density at radius 3 is 2.62 bits per heavy atom. The van der Waals surface area contributed by atoms with Crippen molar-refractivity contribution in [3.05, 3.63) is 64.1 Å². The Kier molecular flexibility index (Phi) is 5.39. The van der Waals surface area contributed by atoms with E-state index in [-0.39, 0.29) is 5.56 Å². The fourth-order valence-corrected chi connectivity index (χ4v) is 2.58. The first-order chi connectivity index (χ1) is 10.1. The van der Waals surface area contributed by atoms with Gasteiger partial charge in [-0.1, -0.05) is 53.2 Å². The van der Waals surface area contributed by atoms with Crippen molar-refractivity contribution in [1.82, 2.24) is 0 Å². The second-order valence-corrected chi connectivity index (χ2v) is 5.94. The Morgan fingerprint density at radius 2 is 1.95 bits per heavy atom. The fraction of sp³-hybridized carbons (Fsp3) is 0.235. The number of hydrogen-bond donors (Lipinski definition) is 2. The van der Waals surface area contributed by atoms with Gasteiger partial charge in [0.05, 0.1) is 5.56 Å². The average Bonchev–Trinajstić information content (AvgIpc) is 2.49. The molecule has 1 atom stereocenters. The van der Waals surface area contributed by atoms with E-state index in [9.17, 15) is 9.90 Å². The number of rotatable bonds is 6. The third-order valence-corrected chi connectivity index (χ3v) is 3.97. The van der Waals surface area contributed by atoms with Crippen LogP contribution in [0.1, 0.15) is 35.2 Å². The summed E-state index contributed by atoms with van der Waals surface area (Å²) in [4.78, 5) is 11.2. The molecule has 0 heterocycles. The van der Waals surface area contributed by atoms with Gasteiger partial charge in [0.25, 0.3) is 0 Å². The maximum absolute atomic E-state index is 11.2. The molecule has 2 rings (SSSR count). The molecule has 21 heavy (non-hydrogen) atoms. The van der Waals surface area contributed by atoms with Gasteiger partial charge in [0.15, 0.2) is 0 Å². The smallest absolute Gasteiger partial charge is 0.337 e. The predicted octanol–water partition coefficient (Wildman–Crippen LogP) is 4.75. The molecule has 2 aromatic carbocycles. The maximum Gasteiger partial charge on any atom is 0.337 e. The summed E-state index contributed by atoms with van der Waals surface area (Å²) in [7, 11) is 0. The zero-order valence-corrected chi connectivity index (χ0v) is 13.4. The Hall–Kier alpha value is -1.81. The van der Waals surface area contributed by atoms with E-state index in [0.29, 0.717) is 11.6 Å². The molecule has 0 aliphatic heterocycles. The van der Waals surface area contributed by atoms with Crippen molar-refractivity contribution in [2.24, 2.45) is 0 Å². The van der Waals surface area contributed by atoms with Gasteiger partial charge in [-0.15, -0.1) is 0 Å². The van der Waals surface area contributed by atoms with Gasteiger partial charge >= 0.3 is 5.97 Å². The number of carbonyl (C=O) groups is 1. The quantitative estimate of drug-likeness (QED) is 0.792. The highest BCUT2D eigenvalue weighted by atomic mass is 79.9. The number of hydrogen-bond acceptors (Lipinski definition) is 2. The van der Waals surface area contributed by atoms with Gasteiger partial charge in [-0.3, -0.25) is 0 Å². The monoisotopic (exact) mass is 347 g/mol. The van der Waals surface area contributed by atoms with Crippen LogP contribution >= 0.6 is 15.9 Å². The molecule has 0 spiro atoms. The van der Waals surface area contributed by atoms with Crippen molar-refractivity contribution in [1.29, 1.82) is 0 Å². The summed E-state index contributed by atoms with van der Waals surface area (Å²) in [6.45, 7) is 2.91. The van der Waals surface area contributed by atoms with E-state index in [2.05, 4.69) is 40.3 Å². The molecule has 0 saturated carbocycles. The van der Waals surface area contributed by atoms with Gasteiger partial charge in [-0.05, 0) is 36.1 Å². The van der Waals surface area contributed by atoms with Crippen LogP contribution in [0.15, 0.2) is 53.0 Å². The Bertz CT molecular complexity index is 613. The fourth-order valence-electron chi connectivity index (χ4n) is 2.22. The maximum atomic E-state index is 11.2. The predicted molar refractivity (Wildman–Crippen MR) is 89.1 cm³/mol. The summed E-state index contributed by atoms with van der Waals surface area (Å²) in [5, 5.41) is 12.4. The molecule has 0 fully saturated rings. The minimum absolute atomic E-state index is 0.289. The summed E-state index contributed by atoms with van der Waals surface area (Å²) in [6.07, 6.45) is 0.944. The third-order valence-electron chi connectivity index (χ3n) is 3.47. The summed E-state index contributed by atoms with van der Waals surface area (Å²) >= 11 is 3.30. The molecule has 2 N–H and O–H groups in total. The zero-order chi connectivity index (χ0) is 15.2. The molecule has 2 aromatic rings. The molecular formula is C17H18BrNO2. The molecule has 0 amide bonds. The topological polar surface area (TPSA) is 49.3 Å². The molecular weight excluding hydrogens is 330 g/mol. The average molecular weight is 348 g/mol. The van der Waals surface area contributed by atoms with E-state index >= 15 is 0 Å². The van der Waals surface area contributed by atoms with Gasteiger partial charge < -0.3 is 10.4 Å². The Balaban J connectivity index is 1.96. The van der Waals surface area contributed by atoms with Crippen LogP contribution < -0.4 is 5.32 Å². The molecule has 1 unspecified atom stereocenters. The lowest BCUT2D eigenvalue weighted by atomic mass is 9.98. The van der Waals surface area contributed by atoms with Gasteiger partial charge in [0.1, 0.15) is 0 Å². The van der Waals surface area contributed by atoms with Gasteiger partial charge in [-0.25, -0.2) is 4.79 Å². The number of nitrogens with one attached hydrogen (secondary N) is 1. The molecule has 0 saturated heterocycles. The van der Waals surface area contributed by atoms with Crippen molar-refractivity contribution in [2.75, 3.05) is 11.9 Å². The van der Waals surface area contributed by atoms with Crippen molar-refractivity contribution in [2.45, 2.75) is 19.3 Å². The second kappa shape index (κ2) is 7.27. The number of carboxylic acids is 1. The summed E-state index contributed by atoms with van der Waals surface area (Å²) in [5.41, 5.74) is 2.25. The van der Waals surface area contributed by atoms with E-state index in [1.165, 1.54) is 5.56 Å². The van der Waals surface area contributed by atoms with Crippen LogP contribution in [-0.4, -0.2) is 17.6 Å². The number of anilines is 1. The van der Waals surface area contributed by atoms with Crippen LogP contribution in [0.2, 0.25) is 0 Å². The molecule has 0 radical (unpaired) electrons. The molecule has 4 heteroatoms. The van der Waals surface area contributed by atoms with Crippen LogP contribution in [0.4, 0.5) is 5.69 Å². The molecule has 0 aliphatic rings. The first-order valence-corrected chi connectivity index (χ1v) is 7.69. The molecule has 0 bridgehead atoms. The summed E-state index contributed by atoms with van der Waals surface area (Å²) in [5.74, 6) is -0.489. The lowest BCUT2D eigenvalue weighted by Crippen LogP contribution is -2.09. The van der Waals surface area contributed by atoms with E-state index in [1.54, 1.807) is 12.1 Å². The normalized spacial score (nSPS) is 11.9. The van der Waals surface area contributed by atoms with Crippen LogP contribution in [0.3, 0.4) is 0 Å².